The van der Waals surface area contributed by atoms with Gasteiger partial charge in [0.1, 0.15) is 6.54 Å². The Morgan fingerprint density at radius 3 is 2.67 bits per heavy atom. The number of carbonyl (C=O) groups excluding carboxylic acids is 2. The maximum atomic E-state index is 12.2. The quantitative estimate of drug-likeness (QED) is 0.688. The molecule has 0 fully saturated rings. The fourth-order valence-corrected chi connectivity index (χ4v) is 2.03. The van der Waals surface area contributed by atoms with Gasteiger partial charge in [0.2, 0.25) is 5.91 Å². The van der Waals surface area contributed by atoms with Crippen molar-refractivity contribution < 1.29 is 19.1 Å². The van der Waals surface area contributed by atoms with Gasteiger partial charge in [-0.1, -0.05) is 23.7 Å². The van der Waals surface area contributed by atoms with Crippen LogP contribution in [0, 0.1) is 0 Å². The van der Waals surface area contributed by atoms with Crippen LogP contribution in [0.2, 0.25) is 5.02 Å². The van der Waals surface area contributed by atoms with Crippen LogP contribution in [0.5, 0.6) is 0 Å². The summed E-state index contributed by atoms with van der Waals surface area (Å²) in [5, 5.41) is 0.644. The summed E-state index contributed by atoms with van der Waals surface area (Å²) in [7, 11) is 2.85. The predicted molar refractivity (Wildman–Crippen MR) is 80.2 cm³/mol. The predicted octanol–water partition coefficient (Wildman–Crippen LogP) is 1.92. The number of hydrogen-bond donors (Lipinski definition) is 0. The SMILES string of the molecule is COCCN(CC(=O)OC)C(=O)CCc1cccc(Cl)c1. The normalized spacial score (nSPS) is 10.2. The van der Waals surface area contributed by atoms with Gasteiger partial charge >= 0.3 is 5.97 Å². The molecule has 1 rings (SSSR count). The van der Waals surface area contributed by atoms with Crippen molar-refractivity contribution in [3.63, 3.8) is 0 Å². The van der Waals surface area contributed by atoms with Crippen molar-refractivity contribution in [2.24, 2.45) is 0 Å². The van der Waals surface area contributed by atoms with Gasteiger partial charge in [0.15, 0.2) is 0 Å². The van der Waals surface area contributed by atoms with E-state index in [9.17, 15) is 9.59 Å². The molecule has 0 heterocycles. The van der Waals surface area contributed by atoms with Crippen molar-refractivity contribution >= 4 is 23.5 Å². The second kappa shape index (κ2) is 9.37. The number of nitrogens with zero attached hydrogens (tertiary/aromatic N) is 1. The van der Waals surface area contributed by atoms with Crippen LogP contribution in [0.15, 0.2) is 24.3 Å². The molecule has 5 nitrogen and oxygen atoms in total. The topological polar surface area (TPSA) is 55.8 Å². The first kappa shape index (κ1) is 17.5. The standard InChI is InChI=1S/C15H20ClNO4/c1-20-9-8-17(11-15(19)21-2)14(18)7-6-12-4-3-5-13(16)10-12/h3-5,10H,6-9,11H2,1-2H3. The van der Waals surface area contributed by atoms with E-state index in [-0.39, 0.29) is 12.5 Å². The molecule has 0 saturated heterocycles. The number of carbonyl (C=O) groups is 2. The van der Waals surface area contributed by atoms with Crippen molar-refractivity contribution in [3.05, 3.63) is 34.9 Å². The van der Waals surface area contributed by atoms with Crippen molar-refractivity contribution in [2.45, 2.75) is 12.8 Å². The lowest BCUT2D eigenvalue weighted by atomic mass is 10.1. The average Bonchev–Trinajstić information content (AvgIpc) is 2.48. The number of halogens is 1. The molecular formula is C15H20ClNO4. The molecule has 6 heteroatoms. The summed E-state index contributed by atoms with van der Waals surface area (Å²) in [5.41, 5.74) is 0.987. The molecule has 0 spiro atoms. The number of aryl methyl sites for hydroxylation is 1. The van der Waals surface area contributed by atoms with Gasteiger partial charge in [-0.25, -0.2) is 0 Å². The molecule has 1 amide bonds. The van der Waals surface area contributed by atoms with Crippen molar-refractivity contribution in [3.8, 4) is 0 Å². The third-order valence-corrected chi connectivity index (χ3v) is 3.22. The number of methoxy groups -OCH3 is 2. The van der Waals surface area contributed by atoms with Gasteiger partial charge in [-0.3, -0.25) is 9.59 Å². The van der Waals surface area contributed by atoms with Crippen LogP contribution in [-0.2, 0) is 25.5 Å². The molecule has 0 aromatic heterocycles. The zero-order valence-electron chi connectivity index (χ0n) is 12.3. The van der Waals surface area contributed by atoms with E-state index in [0.717, 1.165) is 5.56 Å². The highest BCUT2D eigenvalue weighted by Crippen LogP contribution is 2.12. The van der Waals surface area contributed by atoms with E-state index in [1.165, 1.54) is 12.0 Å². The van der Waals surface area contributed by atoms with Crippen LogP contribution in [0.3, 0.4) is 0 Å². The van der Waals surface area contributed by atoms with Gasteiger partial charge in [-0.15, -0.1) is 0 Å². The average molecular weight is 314 g/mol. The van der Waals surface area contributed by atoms with E-state index in [1.807, 2.05) is 18.2 Å². The molecule has 0 aliphatic rings. The number of hydrogen-bond acceptors (Lipinski definition) is 4. The molecule has 0 atom stereocenters. The second-order valence-corrected chi connectivity index (χ2v) is 4.95. The number of benzene rings is 1. The van der Waals surface area contributed by atoms with Crippen LogP contribution < -0.4 is 0 Å². The van der Waals surface area contributed by atoms with E-state index in [4.69, 9.17) is 16.3 Å². The molecule has 0 bridgehead atoms. The lowest BCUT2D eigenvalue weighted by Gasteiger charge is -2.21. The largest absolute Gasteiger partial charge is 0.468 e. The first-order valence-corrected chi connectivity index (χ1v) is 7.02. The summed E-state index contributed by atoms with van der Waals surface area (Å²) < 4.78 is 9.55. The monoisotopic (exact) mass is 313 g/mol. The van der Waals surface area contributed by atoms with Gasteiger partial charge in [-0.05, 0) is 24.1 Å². The second-order valence-electron chi connectivity index (χ2n) is 4.51. The minimum atomic E-state index is -0.442. The summed E-state index contributed by atoms with van der Waals surface area (Å²) in [4.78, 5) is 25.0. The highest BCUT2D eigenvalue weighted by Gasteiger charge is 2.17. The van der Waals surface area contributed by atoms with Crippen LogP contribution in [-0.4, -0.2) is 50.7 Å². The summed E-state index contributed by atoms with van der Waals surface area (Å²) >= 11 is 5.91. The molecule has 21 heavy (non-hydrogen) atoms. The summed E-state index contributed by atoms with van der Waals surface area (Å²) in [6.07, 6.45) is 0.880. The molecule has 0 radical (unpaired) electrons. The van der Waals surface area contributed by atoms with Crippen LogP contribution in [0.25, 0.3) is 0 Å². The van der Waals surface area contributed by atoms with Crippen LogP contribution in [0.4, 0.5) is 0 Å². The Bertz CT molecular complexity index is 478. The van der Waals surface area contributed by atoms with E-state index >= 15 is 0 Å². The molecule has 1 aromatic rings. The lowest BCUT2D eigenvalue weighted by Crippen LogP contribution is -2.38. The number of rotatable bonds is 8. The van der Waals surface area contributed by atoms with Crippen molar-refractivity contribution in [1.82, 2.24) is 4.90 Å². The van der Waals surface area contributed by atoms with Gasteiger partial charge < -0.3 is 14.4 Å². The van der Waals surface area contributed by atoms with E-state index in [2.05, 4.69) is 4.74 Å². The third-order valence-electron chi connectivity index (χ3n) is 2.98. The molecule has 0 N–H and O–H groups in total. The number of ether oxygens (including phenoxy) is 2. The molecule has 0 saturated carbocycles. The summed E-state index contributed by atoms with van der Waals surface area (Å²) in [5.74, 6) is -0.556. The Morgan fingerprint density at radius 1 is 1.29 bits per heavy atom. The maximum absolute atomic E-state index is 12.2. The maximum Gasteiger partial charge on any atom is 0.325 e. The minimum Gasteiger partial charge on any atom is -0.468 e. The van der Waals surface area contributed by atoms with Gasteiger partial charge in [-0.2, -0.15) is 0 Å². The first-order chi connectivity index (χ1) is 10.1. The Hall–Kier alpha value is -1.59. The van der Waals surface area contributed by atoms with E-state index in [0.29, 0.717) is 31.0 Å². The summed E-state index contributed by atoms with van der Waals surface area (Å²) in [6, 6.07) is 7.38. The molecule has 116 valence electrons. The minimum absolute atomic E-state index is 0.0613. The van der Waals surface area contributed by atoms with Crippen molar-refractivity contribution in [1.29, 1.82) is 0 Å². The Kier molecular flexibility index (Phi) is 7.79. The number of esters is 1. The van der Waals surface area contributed by atoms with E-state index in [1.54, 1.807) is 13.2 Å². The molecule has 0 aliphatic heterocycles. The van der Waals surface area contributed by atoms with E-state index < -0.39 is 5.97 Å². The summed E-state index contributed by atoms with van der Waals surface area (Å²) in [6.45, 7) is 0.675. The fraction of sp³-hybridized carbons (Fsp3) is 0.467. The zero-order chi connectivity index (χ0) is 15.7. The first-order valence-electron chi connectivity index (χ1n) is 6.64. The van der Waals surface area contributed by atoms with Gasteiger partial charge in [0.25, 0.3) is 0 Å². The molecule has 0 aliphatic carbocycles. The van der Waals surface area contributed by atoms with Crippen molar-refractivity contribution in [2.75, 3.05) is 33.9 Å². The molecular weight excluding hydrogens is 294 g/mol. The zero-order valence-corrected chi connectivity index (χ0v) is 13.1. The lowest BCUT2D eigenvalue weighted by molar-refractivity contribution is -0.147. The number of amides is 1. The third kappa shape index (κ3) is 6.60. The molecule has 1 aromatic carbocycles. The Balaban J connectivity index is 2.56. The highest BCUT2D eigenvalue weighted by molar-refractivity contribution is 6.30. The Labute approximate surface area is 129 Å². The van der Waals surface area contributed by atoms with Crippen LogP contribution >= 0.6 is 11.6 Å². The van der Waals surface area contributed by atoms with Gasteiger partial charge in [0.05, 0.1) is 13.7 Å². The highest BCUT2D eigenvalue weighted by atomic mass is 35.5. The smallest absolute Gasteiger partial charge is 0.325 e. The molecule has 0 unspecified atom stereocenters. The van der Waals surface area contributed by atoms with Gasteiger partial charge in [0, 0.05) is 25.1 Å². The van der Waals surface area contributed by atoms with Crippen LogP contribution in [0.1, 0.15) is 12.0 Å². The fourth-order valence-electron chi connectivity index (χ4n) is 1.82. The Morgan fingerprint density at radius 2 is 2.05 bits per heavy atom.